The number of likely N-dealkylation sites (tertiary alicyclic amines) is 1. The fourth-order valence-electron chi connectivity index (χ4n) is 3.97. The van der Waals surface area contributed by atoms with Crippen molar-refractivity contribution in [1.82, 2.24) is 14.9 Å². The van der Waals surface area contributed by atoms with Gasteiger partial charge in [-0.2, -0.15) is 0 Å². The van der Waals surface area contributed by atoms with Gasteiger partial charge in [-0.05, 0) is 68.3 Å². The van der Waals surface area contributed by atoms with Crippen LogP contribution in [-0.4, -0.2) is 66.0 Å². The molecule has 0 bridgehead atoms. The van der Waals surface area contributed by atoms with Gasteiger partial charge < -0.3 is 34.2 Å². The average Bonchev–Trinajstić information content (AvgIpc) is 3.18. The maximum Gasteiger partial charge on any atom is 0.175 e. The third kappa shape index (κ3) is 5.58. The number of H-pyrrole nitrogens is 2. The Balaban J connectivity index is 1.20. The number of aromatic nitrogens is 2. The summed E-state index contributed by atoms with van der Waals surface area (Å²) >= 11 is 5.15. The Kier molecular flexibility index (Phi) is 7.11. The van der Waals surface area contributed by atoms with Gasteiger partial charge in [-0.3, -0.25) is 0 Å². The molecule has 1 aliphatic heterocycles. The second-order valence-electron chi connectivity index (χ2n) is 7.93. The summed E-state index contributed by atoms with van der Waals surface area (Å²) in [6.45, 7) is 3.40. The van der Waals surface area contributed by atoms with Crippen molar-refractivity contribution < 1.29 is 19.3 Å². The first-order chi connectivity index (χ1) is 15.1. The SMILES string of the molecule is COc1ccccc1OCC1CCN(CC(O)COc2cccc3[nH]c(=S)[nH]c23)CC1. The van der Waals surface area contributed by atoms with Crippen LogP contribution in [0.2, 0.25) is 0 Å². The molecule has 0 radical (unpaired) electrons. The smallest absolute Gasteiger partial charge is 0.175 e. The lowest BCUT2D eigenvalue weighted by molar-refractivity contribution is 0.0505. The zero-order valence-corrected chi connectivity index (χ0v) is 18.5. The molecule has 1 fully saturated rings. The number of hydrogen-bond donors (Lipinski definition) is 3. The molecule has 8 heteroatoms. The Labute approximate surface area is 186 Å². The van der Waals surface area contributed by atoms with E-state index in [1.807, 2.05) is 42.5 Å². The molecular weight excluding hydrogens is 414 g/mol. The number of piperidine rings is 1. The van der Waals surface area contributed by atoms with Crippen LogP contribution in [0.1, 0.15) is 12.8 Å². The largest absolute Gasteiger partial charge is 0.493 e. The molecule has 31 heavy (non-hydrogen) atoms. The van der Waals surface area contributed by atoms with Crippen molar-refractivity contribution in [3.8, 4) is 17.2 Å². The number of aliphatic hydroxyl groups is 1. The molecule has 7 nitrogen and oxygen atoms in total. The van der Waals surface area contributed by atoms with Crippen molar-refractivity contribution in [3.05, 3.63) is 47.2 Å². The number of imidazole rings is 1. The van der Waals surface area contributed by atoms with Crippen molar-refractivity contribution in [2.75, 3.05) is 40.0 Å². The minimum Gasteiger partial charge on any atom is -0.493 e. The van der Waals surface area contributed by atoms with Gasteiger partial charge in [0.2, 0.25) is 0 Å². The molecule has 2 aromatic carbocycles. The van der Waals surface area contributed by atoms with E-state index in [0.29, 0.717) is 29.6 Å². The Morgan fingerprint density at radius 1 is 1.03 bits per heavy atom. The highest BCUT2D eigenvalue weighted by molar-refractivity contribution is 7.71. The Hall–Kier alpha value is -2.55. The second-order valence-corrected chi connectivity index (χ2v) is 8.34. The van der Waals surface area contributed by atoms with E-state index in [1.165, 1.54) is 0 Å². The van der Waals surface area contributed by atoms with E-state index in [2.05, 4.69) is 14.9 Å². The lowest BCUT2D eigenvalue weighted by atomic mass is 9.97. The van der Waals surface area contributed by atoms with E-state index in [4.69, 9.17) is 26.4 Å². The van der Waals surface area contributed by atoms with Crippen LogP contribution < -0.4 is 14.2 Å². The Morgan fingerprint density at radius 3 is 2.55 bits per heavy atom. The number of nitrogens with one attached hydrogen (secondary N) is 2. The van der Waals surface area contributed by atoms with E-state index in [1.54, 1.807) is 7.11 Å². The Bertz CT molecular complexity index is 1040. The summed E-state index contributed by atoms with van der Waals surface area (Å²) in [6.07, 6.45) is 1.53. The number of fused-ring (bicyclic) bond motifs is 1. The molecule has 1 unspecified atom stereocenters. The van der Waals surface area contributed by atoms with E-state index >= 15 is 0 Å². The van der Waals surface area contributed by atoms with E-state index in [-0.39, 0.29) is 6.61 Å². The van der Waals surface area contributed by atoms with Crippen LogP contribution in [0.15, 0.2) is 42.5 Å². The molecule has 0 spiro atoms. The minimum atomic E-state index is -0.557. The molecule has 0 aliphatic carbocycles. The number of β-amino-alcohol motifs (C(OH)–C–C–N with tert-alkyl or cyclic N) is 1. The van der Waals surface area contributed by atoms with Crippen LogP contribution in [0.4, 0.5) is 0 Å². The lowest BCUT2D eigenvalue weighted by Crippen LogP contribution is -2.41. The highest BCUT2D eigenvalue weighted by atomic mass is 32.1. The van der Waals surface area contributed by atoms with Crippen molar-refractivity contribution in [2.45, 2.75) is 18.9 Å². The van der Waals surface area contributed by atoms with Crippen molar-refractivity contribution in [2.24, 2.45) is 5.92 Å². The first-order valence-electron chi connectivity index (χ1n) is 10.6. The van der Waals surface area contributed by atoms with Crippen LogP contribution in [0.3, 0.4) is 0 Å². The Morgan fingerprint density at radius 2 is 1.77 bits per heavy atom. The van der Waals surface area contributed by atoms with Gasteiger partial charge in [-0.1, -0.05) is 18.2 Å². The molecule has 0 amide bonds. The number of aromatic amines is 2. The number of hydrogen-bond acceptors (Lipinski definition) is 6. The number of para-hydroxylation sites is 3. The monoisotopic (exact) mass is 443 g/mol. The van der Waals surface area contributed by atoms with Crippen molar-refractivity contribution >= 4 is 23.3 Å². The molecule has 2 heterocycles. The van der Waals surface area contributed by atoms with Gasteiger partial charge in [-0.25, -0.2) is 0 Å². The highest BCUT2D eigenvalue weighted by Gasteiger charge is 2.22. The summed E-state index contributed by atoms with van der Waals surface area (Å²) in [7, 11) is 1.66. The van der Waals surface area contributed by atoms with Crippen LogP contribution >= 0.6 is 12.2 Å². The third-order valence-corrected chi connectivity index (χ3v) is 5.87. The summed E-state index contributed by atoms with van der Waals surface area (Å²) in [5, 5.41) is 10.5. The summed E-state index contributed by atoms with van der Waals surface area (Å²) < 4.78 is 17.7. The molecule has 3 aromatic rings. The number of ether oxygens (including phenoxy) is 3. The third-order valence-electron chi connectivity index (χ3n) is 5.66. The molecule has 4 rings (SSSR count). The first-order valence-corrected chi connectivity index (χ1v) is 11.0. The maximum atomic E-state index is 10.5. The van der Waals surface area contributed by atoms with E-state index < -0.39 is 6.10 Å². The predicted octanol–water partition coefficient (Wildman–Crippen LogP) is 3.76. The standard InChI is InChI=1S/C23H29N3O4S/c1-28-19-6-2-3-7-20(19)29-14-16-9-11-26(12-10-16)13-17(27)15-30-21-8-4-5-18-22(21)25-23(31)24-18/h2-8,16-17,27H,9-15H2,1H3,(H2,24,25,31). The quantitative estimate of drug-likeness (QED) is 0.437. The molecule has 1 aliphatic rings. The predicted molar refractivity (Wildman–Crippen MR) is 123 cm³/mol. The van der Waals surface area contributed by atoms with Gasteiger partial charge in [0.25, 0.3) is 0 Å². The van der Waals surface area contributed by atoms with Gasteiger partial charge >= 0.3 is 0 Å². The molecule has 1 aromatic heterocycles. The average molecular weight is 444 g/mol. The maximum absolute atomic E-state index is 10.5. The molecule has 3 N–H and O–H groups in total. The van der Waals surface area contributed by atoms with E-state index in [9.17, 15) is 5.11 Å². The van der Waals surface area contributed by atoms with Gasteiger partial charge in [0.15, 0.2) is 16.3 Å². The van der Waals surface area contributed by atoms with Crippen LogP contribution in [0.5, 0.6) is 17.2 Å². The normalized spacial score (nSPS) is 16.3. The number of benzene rings is 2. The van der Waals surface area contributed by atoms with Gasteiger partial charge in [0.1, 0.15) is 24.0 Å². The molecule has 0 saturated carbocycles. The number of aliphatic hydroxyl groups excluding tert-OH is 1. The van der Waals surface area contributed by atoms with Crippen molar-refractivity contribution in [3.63, 3.8) is 0 Å². The second kappa shape index (κ2) is 10.2. The highest BCUT2D eigenvalue weighted by Crippen LogP contribution is 2.28. The molecule has 1 saturated heterocycles. The number of methoxy groups -OCH3 is 1. The van der Waals surface area contributed by atoms with Crippen LogP contribution in [0, 0.1) is 10.7 Å². The minimum absolute atomic E-state index is 0.238. The lowest BCUT2D eigenvalue weighted by Gasteiger charge is -2.33. The molecule has 1 atom stereocenters. The zero-order valence-electron chi connectivity index (χ0n) is 17.7. The van der Waals surface area contributed by atoms with Gasteiger partial charge in [0.05, 0.1) is 19.2 Å². The van der Waals surface area contributed by atoms with Gasteiger partial charge in [-0.15, -0.1) is 0 Å². The molecule has 166 valence electrons. The zero-order chi connectivity index (χ0) is 21.6. The van der Waals surface area contributed by atoms with Crippen LogP contribution in [-0.2, 0) is 0 Å². The van der Waals surface area contributed by atoms with Crippen molar-refractivity contribution in [1.29, 1.82) is 0 Å². The number of rotatable bonds is 9. The fraction of sp³-hybridized carbons (Fsp3) is 0.435. The fourth-order valence-corrected chi connectivity index (χ4v) is 4.18. The summed E-state index contributed by atoms with van der Waals surface area (Å²) in [6, 6.07) is 13.5. The van der Waals surface area contributed by atoms with Crippen LogP contribution in [0.25, 0.3) is 11.0 Å². The molecular formula is C23H29N3O4S. The number of nitrogens with zero attached hydrogens (tertiary/aromatic N) is 1. The first kappa shape index (κ1) is 21.7. The summed E-state index contributed by atoms with van der Waals surface area (Å²) in [5.41, 5.74) is 1.73. The van der Waals surface area contributed by atoms with Gasteiger partial charge in [0, 0.05) is 6.54 Å². The summed E-state index contributed by atoms with van der Waals surface area (Å²) in [5.74, 6) is 2.75. The summed E-state index contributed by atoms with van der Waals surface area (Å²) in [4.78, 5) is 8.45. The van der Waals surface area contributed by atoms with E-state index in [0.717, 1.165) is 48.5 Å². The topological polar surface area (TPSA) is 82.7 Å².